The minimum absolute atomic E-state index is 0.310. The van der Waals surface area contributed by atoms with Gasteiger partial charge in [-0.3, -0.25) is 0 Å². The maximum absolute atomic E-state index is 11.6. The van der Waals surface area contributed by atoms with Gasteiger partial charge in [-0.1, -0.05) is 26.0 Å². The van der Waals surface area contributed by atoms with Crippen LogP contribution in [0.1, 0.15) is 18.9 Å². The molecule has 3 nitrogen and oxygen atoms in total. The van der Waals surface area contributed by atoms with Crippen molar-refractivity contribution < 1.29 is 9.15 Å². The van der Waals surface area contributed by atoms with Gasteiger partial charge < -0.3 is 9.15 Å². The Balaban J connectivity index is 2.61. The highest BCUT2D eigenvalue weighted by Gasteiger charge is 2.12. The molecule has 0 bridgehead atoms. The van der Waals surface area contributed by atoms with E-state index in [1.165, 1.54) is 0 Å². The van der Waals surface area contributed by atoms with Crippen molar-refractivity contribution >= 4 is 33.6 Å². The molecule has 0 saturated carbocycles. The van der Waals surface area contributed by atoms with Crippen LogP contribution in [-0.2, 0) is 6.42 Å². The molecule has 19 heavy (non-hydrogen) atoms. The quantitative estimate of drug-likeness (QED) is 0.455. The topological polar surface area (TPSA) is 39.4 Å². The lowest BCUT2D eigenvalue weighted by molar-refractivity contribution is 0.360. The van der Waals surface area contributed by atoms with Gasteiger partial charge in [-0.2, -0.15) is 0 Å². The lowest BCUT2D eigenvalue weighted by Gasteiger charge is -2.10. The summed E-state index contributed by atoms with van der Waals surface area (Å²) in [4.78, 5) is 11.6. The molecule has 0 fully saturated rings. The first-order chi connectivity index (χ1) is 9.17. The molecule has 0 saturated heterocycles. The van der Waals surface area contributed by atoms with Gasteiger partial charge in [-0.05, 0) is 46.7 Å². The first-order valence-electron chi connectivity index (χ1n) is 6.16. The van der Waals surface area contributed by atoms with Gasteiger partial charge in [-0.25, -0.2) is 4.79 Å². The molecule has 0 aliphatic heterocycles. The standard InChI is InChI=1S/C15H15IO3/c1-3-5-10-9-13(17)19-15-11(10)6-7-12(14(15)16)18-8-4-2/h4,6-7,9H,2-3,5,8H2,1H3. The summed E-state index contributed by atoms with van der Waals surface area (Å²) in [5, 5.41) is 0.983. The van der Waals surface area contributed by atoms with Crippen LogP contribution in [0.4, 0.5) is 0 Å². The molecule has 0 unspecified atom stereocenters. The second-order valence-electron chi connectivity index (χ2n) is 4.19. The molecule has 0 N–H and O–H groups in total. The van der Waals surface area contributed by atoms with E-state index in [0.29, 0.717) is 17.9 Å². The van der Waals surface area contributed by atoms with Gasteiger partial charge in [0.05, 0.1) is 3.57 Å². The van der Waals surface area contributed by atoms with Crippen LogP contribution in [0.5, 0.6) is 5.75 Å². The number of benzene rings is 1. The van der Waals surface area contributed by atoms with Gasteiger partial charge in [0, 0.05) is 11.5 Å². The van der Waals surface area contributed by atoms with Gasteiger partial charge in [0.25, 0.3) is 0 Å². The fraction of sp³-hybridized carbons (Fsp3) is 0.267. The molecular formula is C15H15IO3. The highest BCUT2D eigenvalue weighted by molar-refractivity contribution is 14.1. The molecule has 2 rings (SSSR count). The van der Waals surface area contributed by atoms with Crippen LogP contribution >= 0.6 is 22.6 Å². The third-order valence-corrected chi connectivity index (χ3v) is 3.80. The molecule has 0 radical (unpaired) electrons. The third kappa shape index (κ3) is 3.00. The van der Waals surface area contributed by atoms with Crippen LogP contribution in [0, 0.1) is 3.57 Å². The van der Waals surface area contributed by atoms with E-state index in [1.807, 2.05) is 12.1 Å². The number of halogens is 1. The smallest absolute Gasteiger partial charge is 0.336 e. The molecule has 0 atom stereocenters. The zero-order chi connectivity index (χ0) is 13.8. The number of aryl methyl sites for hydroxylation is 1. The Bertz CT molecular complexity index is 658. The summed E-state index contributed by atoms with van der Waals surface area (Å²) in [6.07, 6.45) is 3.54. The largest absolute Gasteiger partial charge is 0.488 e. The molecule has 2 aromatic rings. The zero-order valence-corrected chi connectivity index (χ0v) is 12.9. The van der Waals surface area contributed by atoms with Crippen LogP contribution in [0.15, 0.2) is 40.1 Å². The van der Waals surface area contributed by atoms with Crippen molar-refractivity contribution in [2.45, 2.75) is 19.8 Å². The molecule has 1 heterocycles. The molecule has 4 heteroatoms. The van der Waals surface area contributed by atoms with E-state index in [1.54, 1.807) is 12.1 Å². The minimum atomic E-state index is -0.310. The summed E-state index contributed by atoms with van der Waals surface area (Å²) in [6.45, 7) is 6.14. The maximum Gasteiger partial charge on any atom is 0.336 e. The van der Waals surface area contributed by atoms with E-state index in [9.17, 15) is 4.79 Å². The van der Waals surface area contributed by atoms with Crippen molar-refractivity contribution in [2.75, 3.05) is 6.61 Å². The van der Waals surface area contributed by atoms with Crippen molar-refractivity contribution in [1.82, 2.24) is 0 Å². The third-order valence-electron chi connectivity index (χ3n) is 2.78. The van der Waals surface area contributed by atoms with Crippen LogP contribution in [0.25, 0.3) is 11.0 Å². The van der Waals surface area contributed by atoms with Crippen molar-refractivity contribution in [1.29, 1.82) is 0 Å². The molecule has 100 valence electrons. The Kier molecular flexibility index (Phi) is 4.63. The average molecular weight is 370 g/mol. The van der Waals surface area contributed by atoms with Crippen molar-refractivity contribution in [3.8, 4) is 5.75 Å². The van der Waals surface area contributed by atoms with E-state index in [-0.39, 0.29) is 5.63 Å². The Morgan fingerprint density at radius 3 is 2.95 bits per heavy atom. The summed E-state index contributed by atoms with van der Waals surface area (Å²) < 4.78 is 11.7. The SMILES string of the molecule is C=CCOc1ccc2c(CCC)cc(=O)oc2c1I. The Labute approximate surface area is 125 Å². The molecule has 0 aliphatic carbocycles. The minimum Gasteiger partial charge on any atom is -0.488 e. The first kappa shape index (κ1) is 14.1. The van der Waals surface area contributed by atoms with Crippen molar-refractivity contribution in [2.24, 2.45) is 0 Å². The van der Waals surface area contributed by atoms with Gasteiger partial charge in [0.2, 0.25) is 0 Å². The van der Waals surface area contributed by atoms with E-state index in [2.05, 4.69) is 36.1 Å². The first-order valence-corrected chi connectivity index (χ1v) is 7.24. The Hall–Kier alpha value is -1.30. The molecular weight excluding hydrogens is 355 g/mol. The highest BCUT2D eigenvalue weighted by Crippen LogP contribution is 2.30. The second kappa shape index (κ2) is 6.23. The molecule has 0 aliphatic rings. The summed E-state index contributed by atoms with van der Waals surface area (Å²) in [6, 6.07) is 5.43. The summed E-state index contributed by atoms with van der Waals surface area (Å²) in [5.74, 6) is 0.713. The highest BCUT2D eigenvalue weighted by atomic mass is 127. The van der Waals surface area contributed by atoms with Crippen molar-refractivity contribution in [3.63, 3.8) is 0 Å². The number of rotatable bonds is 5. The van der Waals surface area contributed by atoms with E-state index < -0.39 is 0 Å². The number of fused-ring (bicyclic) bond motifs is 1. The van der Waals surface area contributed by atoms with Crippen LogP contribution in [-0.4, -0.2) is 6.61 Å². The Morgan fingerprint density at radius 2 is 2.26 bits per heavy atom. The monoisotopic (exact) mass is 370 g/mol. The van der Waals surface area contributed by atoms with Crippen LogP contribution in [0.2, 0.25) is 0 Å². The number of hydrogen-bond acceptors (Lipinski definition) is 3. The van der Waals surface area contributed by atoms with Crippen LogP contribution < -0.4 is 10.4 Å². The fourth-order valence-corrected chi connectivity index (χ4v) is 2.71. The number of ether oxygens (including phenoxy) is 1. The number of hydrogen-bond donors (Lipinski definition) is 0. The molecule has 0 amide bonds. The van der Waals surface area contributed by atoms with E-state index >= 15 is 0 Å². The molecule has 0 spiro atoms. The van der Waals surface area contributed by atoms with Gasteiger partial charge >= 0.3 is 5.63 Å². The molecule has 1 aromatic heterocycles. The lowest BCUT2D eigenvalue weighted by Crippen LogP contribution is -2.03. The average Bonchev–Trinajstić information content (AvgIpc) is 2.39. The summed E-state index contributed by atoms with van der Waals surface area (Å²) >= 11 is 2.15. The van der Waals surface area contributed by atoms with Gasteiger partial charge in [0.1, 0.15) is 12.4 Å². The lowest BCUT2D eigenvalue weighted by atomic mass is 10.1. The summed E-state index contributed by atoms with van der Waals surface area (Å²) in [5.41, 5.74) is 1.33. The summed E-state index contributed by atoms with van der Waals surface area (Å²) in [7, 11) is 0. The molecule has 1 aromatic carbocycles. The maximum atomic E-state index is 11.6. The zero-order valence-electron chi connectivity index (χ0n) is 10.7. The Morgan fingerprint density at radius 1 is 1.47 bits per heavy atom. The van der Waals surface area contributed by atoms with Gasteiger partial charge in [0.15, 0.2) is 5.58 Å². The van der Waals surface area contributed by atoms with Crippen LogP contribution in [0.3, 0.4) is 0 Å². The van der Waals surface area contributed by atoms with E-state index in [4.69, 9.17) is 9.15 Å². The van der Waals surface area contributed by atoms with Crippen molar-refractivity contribution in [3.05, 3.63) is 50.4 Å². The normalized spacial score (nSPS) is 10.6. The predicted molar refractivity (Wildman–Crippen MR) is 84.9 cm³/mol. The van der Waals surface area contributed by atoms with E-state index in [0.717, 1.165) is 27.4 Å². The van der Waals surface area contributed by atoms with Gasteiger partial charge in [-0.15, -0.1) is 0 Å². The predicted octanol–water partition coefficient (Wildman–Crippen LogP) is 3.91. The second-order valence-corrected chi connectivity index (χ2v) is 5.27. The fourth-order valence-electron chi connectivity index (χ4n) is 1.98.